The molecule has 5 heteroatoms. The minimum Gasteiger partial charge on any atom is -0.454 e. The Morgan fingerprint density at radius 1 is 0.489 bits per heavy atom. The molecule has 0 aliphatic carbocycles. The molecule has 0 saturated carbocycles. The Bertz CT molecular complexity index is 2790. The molecule has 0 N–H and O–H groups in total. The molecule has 0 aliphatic heterocycles. The van der Waals surface area contributed by atoms with Crippen molar-refractivity contribution in [3.8, 4) is 0 Å². The van der Waals surface area contributed by atoms with Crippen molar-refractivity contribution < 1.29 is 8.83 Å². The number of furan rings is 2. The van der Waals surface area contributed by atoms with Gasteiger partial charge in [0.25, 0.3) is 0 Å². The number of benzene rings is 6. The van der Waals surface area contributed by atoms with E-state index in [-0.39, 0.29) is 0 Å². The van der Waals surface area contributed by atoms with Gasteiger partial charge in [-0.3, -0.25) is 4.90 Å². The average molecular weight is 578 g/mol. The number of pyridine rings is 2. The van der Waals surface area contributed by atoms with Gasteiger partial charge in [-0.2, -0.15) is 0 Å². The predicted molar refractivity (Wildman–Crippen MR) is 184 cm³/mol. The van der Waals surface area contributed by atoms with E-state index in [2.05, 4.69) is 88.7 Å². The summed E-state index contributed by atoms with van der Waals surface area (Å²) in [6.45, 7) is 0. The normalized spacial score (nSPS) is 12.0. The fourth-order valence-electron chi connectivity index (χ4n) is 6.88. The Morgan fingerprint density at radius 3 is 2.09 bits per heavy atom. The Balaban J connectivity index is 1.27. The first-order chi connectivity index (χ1) is 22.3. The third-order valence-corrected chi connectivity index (χ3v) is 8.90. The van der Waals surface area contributed by atoms with Crippen molar-refractivity contribution in [2.45, 2.75) is 0 Å². The van der Waals surface area contributed by atoms with E-state index < -0.39 is 0 Å². The number of rotatable bonds is 3. The summed E-state index contributed by atoms with van der Waals surface area (Å²) in [6.07, 6.45) is 1.81. The van der Waals surface area contributed by atoms with Gasteiger partial charge in [0.05, 0.1) is 11.1 Å². The predicted octanol–water partition coefficient (Wildman–Crippen LogP) is 11.2. The zero-order valence-electron chi connectivity index (χ0n) is 23.9. The lowest BCUT2D eigenvalue weighted by Gasteiger charge is -2.25. The molecule has 5 nitrogen and oxygen atoms in total. The Labute approximate surface area is 256 Å². The fraction of sp³-hybridized carbons (Fsp3) is 0. The second-order valence-corrected chi connectivity index (χ2v) is 11.4. The summed E-state index contributed by atoms with van der Waals surface area (Å²) in [5, 5.41) is 10.3. The van der Waals surface area contributed by atoms with Crippen LogP contribution >= 0.6 is 0 Å². The zero-order chi connectivity index (χ0) is 29.5. The van der Waals surface area contributed by atoms with Crippen LogP contribution < -0.4 is 4.90 Å². The van der Waals surface area contributed by atoms with Gasteiger partial charge in [0.2, 0.25) is 5.71 Å². The van der Waals surface area contributed by atoms with Crippen LogP contribution in [-0.2, 0) is 0 Å². The number of hydrogen-bond donors (Lipinski definition) is 0. The highest BCUT2D eigenvalue weighted by Crippen LogP contribution is 2.44. The highest BCUT2D eigenvalue weighted by atomic mass is 16.3. The lowest BCUT2D eigenvalue weighted by atomic mass is 9.96. The van der Waals surface area contributed by atoms with Crippen LogP contribution in [0.5, 0.6) is 0 Å². The highest BCUT2D eigenvalue weighted by molar-refractivity contribution is 6.21. The van der Waals surface area contributed by atoms with Gasteiger partial charge in [-0.05, 0) is 80.8 Å². The molecule has 45 heavy (non-hydrogen) atoms. The van der Waals surface area contributed by atoms with Crippen LogP contribution in [0.15, 0.2) is 148 Å². The second-order valence-electron chi connectivity index (χ2n) is 11.4. The summed E-state index contributed by atoms with van der Waals surface area (Å²) in [7, 11) is 0. The van der Waals surface area contributed by atoms with Crippen molar-refractivity contribution in [3.63, 3.8) is 0 Å². The molecule has 0 saturated heterocycles. The van der Waals surface area contributed by atoms with Gasteiger partial charge in [0.1, 0.15) is 22.5 Å². The maximum Gasteiger partial charge on any atom is 0.229 e. The van der Waals surface area contributed by atoms with E-state index in [0.29, 0.717) is 5.71 Å². The summed E-state index contributed by atoms with van der Waals surface area (Å²) in [5.74, 6) is 0.775. The Kier molecular flexibility index (Phi) is 4.93. The second kappa shape index (κ2) is 9.15. The van der Waals surface area contributed by atoms with Gasteiger partial charge in [-0.15, -0.1) is 0 Å². The first-order valence-electron chi connectivity index (χ1n) is 15.0. The minimum absolute atomic E-state index is 0.590. The number of para-hydroxylation sites is 2. The van der Waals surface area contributed by atoms with Crippen molar-refractivity contribution in [3.05, 3.63) is 140 Å². The molecular weight excluding hydrogens is 554 g/mol. The highest BCUT2D eigenvalue weighted by Gasteiger charge is 2.22. The summed E-state index contributed by atoms with van der Waals surface area (Å²) < 4.78 is 12.4. The van der Waals surface area contributed by atoms with Gasteiger partial charge < -0.3 is 8.83 Å². The van der Waals surface area contributed by atoms with Crippen molar-refractivity contribution in [1.82, 2.24) is 9.97 Å². The molecule has 10 rings (SSSR count). The van der Waals surface area contributed by atoms with Gasteiger partial charge >= 0.3 is 0 Å². The Morgan fingerprint density at radius 2 is 1.20 bits per heavy atom. The smallest absolute Gasteiger partial charge is 0.229 e. The van der Waals surface area contributed by atoms with E-state index in [0.717, 1.165) is 61.0 Å². The van der Waals surface area contributed by atoms with Crippen LogP contribution in [0.2, 0.25) is 0 Å². The minimum atomic E-state index is 0.590. The summed E-state index contributed by atoms with van der Waals surface area (Å²) in [4.78, 5) is 12.1. The first-order valence-corrected chi connectivity index (χ1v) is 15.0. The molecule has 10 aromatic rings. The zero-order valence-corrected chi connectivity index (χ0v) is 23.9. The molecule has 0 aliphatic rings. The van der Waals surface area contributed by atoms with E-state index in [1.807, 2.05) is 54.6 Å². The quantitative estimate of drug-likeness (QED) is 0.196. The van der Waals surface area contributed by atoms with Gasteiger partial charge in [-0.25, -0.2) is 9.97 Å². The lowest BCUT2D eigenvalue weighted by Crippen LogP contribution is -2.12. The molecule has 0 fully saturated rings. The van der Waals surface area contributed by atoms with Crippen LogP contribution in [0.25, 0.3) is 76.5 Å². The molecule has 0 amide bonds. The maximum atomic E-state index is 6.22. The number of aromatic nitrogens is 2. The average Bonchev–Trinajstić information content (AvgIpc) is 3.66. The summed E-state index contributed by atoms with van der Waals surface area (Å²) in [6, 6.07) is 46.3. The number of anilines is 3. The number of nitrogens with zero attached hydrogens (tertiary/aromatic N) is 3. The Hall–Kier alpha value is -6.20. The van der Waals surface area contributed by atoms with Crippen LogP contribution in [-0.4, -0.2) is 9.97 Å². The van der Waals surface area contributed by atoms with Crippen LogP contribution in [0, 0.1) is 0 Å². The van der Waals surface area contributed by atoms with Crippen molar-refractivity contribution in [2.75, 3.05) is 4.90 Å². The van der Waals surface area contributed by atoms with Crippen molar-refractivity contribution in [1.29, 1.82) is 0 Å². The third kappa shape index (κ3) is 3.55. The van der Waals surface area contributed by atoms with Crippen molar-refractivity contribution >= 4 is 93.6 Å². The molecule has 0 atom stereocenters. The summed E-state index contributed by atoms with van der Waals surface area (Å²) >= 11 is 0. The van der Waals surface area contributed by atoms with Gasteiger partial charge in [0.15, 0.2) is 5.58 Å². The molecule has 0 radical (unpaired) electrons. The molecule has 0 bridgehead atoms. The van der Waals surface area contributed by atoms with Crippen LogP contribution in [0.1, 0.15) is 0 Å². The van der Waals surface area contributed by atoms with Gasteiger partial charge in [0, 0.05) is 22.7 Å². The molecule has 4 heterocycles. The van der Waals surface area contributed by atoms with E-state index in [1.165, 1.54) is 26.9 Å². The summed E-state index contributed by atoms with van der Waals surface area (Å²) in [5.41, 5.74) is 5.72. The topological polar surface area (TPSA) is 55.3 Å². The first kappa shape index (κ1) is 24.3. The third-order valence-electron chi connectivity index (χ3n) is 8.90. The van der Waals surface area contributed by atoms with Crippen molar-refractivity contribution in [2.24, 2.45) is 0 Å². The molecule has 0 spiro atoms. The standard InChI is InChI=1S/C40H23N3O2/c1-2-8-28-24(7-1)13-14-25-15-16-26-23-27(17-18-29(26)37(25)28)43(32-21-22-41-40-38(32)30-9-3-5-11-33(30)45-40)36-20-19-35-39(42-36)31-10-4-6-12-34(31)44-35/h1-23H. The monoisotopic (exact) mass is 577 g/mol. The van der Waals surface area contributed by atoms with Crippen LogP contribution in [0.4, 0.5) is 17.2 Å². The number of fused-ring (bicyclic) bond motifs is 11. The fourth-order valence-corrected chi connectivity index (χ4v) is 6.88. The molecule has 4 aromatic heterocycles. The maximum absolute atomic E-state index is 6.22. The lowest BCUT2D eigenvalue weighted by molar-refractivity contribution is 0.654. The van der Waals surface area contributed by atoms with E-state index in [9.17, 15) is 0 Å². The largest absolute Gasteiger partial charge is 0.454 e. The molecule has 0 unspecified atom stereocenters. The van der Waals surface area contributed by atoms with E-state index >= 15 is 0 Å². The SMILES string of the molecule is c1ccc2c(c1)ccc1ccc3cc(N(c4ccc5oc6ccccc6c5n4)c4ccnc5oc6ccccc6c45)ccc3c12. The van der Waals surface area contributed by atoms with E-state index in [4.69, 9.17) is 13.8 Å². The van der Waals surface area contributed by atoms with Crippen LogP contribution in [0.3, 0.4) is 0 Å². The number of hydrogen-bond acceptors (Lipinski definition) is 5. The van der Waals surface area contributed by atoms with E-state index in [1.54, 1.807) is 6.20 Å². The molecule has 6 aromatic carbocycles. The molecular formula is C40H23N3O2. The molecule has 210 valence electrons. The van der Waals surface area contributed by atoms with Gasteiger partial charge in [-0.1, -0.05) is 84.9 Å².